The second-order valence-corrected chi connectivity index (χ2v) is 6.70. The number of hydrogen-bond acceptors (Lipinski definition) is 4. The van der Waals surface area contributed by atoms with Gasteiger partial charge in [0.25, 0.3) is 0 Å². The lowest BCUT2D eigenvalue weighted by Crippen LogP contribution is -2.05. The first-order chi connectivity index (χ1) is 14.2. The average Bonchev–Trinajstić information content (AvgIpc) is 3.14. The first kappa shape index (κ1) is 18.7. The summed E-state index contributed by atoms with van der Waals surface area (Å²) < 4.78 is 11.0. The summed E-state index contributed by atoms with van der Waals surface area (Å²) in [6.45, 7) is 2.75. The van der Waals surface area contributed by atoms with Crippen LogP contribution in [0.2, 0.25) is 0 Å². The van der Waals surface area contributed by atoms with Crippen LogP contribution in [0.3, 0.4) is 0 Å². The quantitative estimate of drug-likeness (QED) is 0.418. The molecule has 4 nitrogen and oxygen atoms in total. The molecule has 1 aliphatic rings. The Morgan fingerprint density at radius 2 is 1.52 bits per heavy atom. The third kappa shape index (κ3) is 4.43. The molecule has 0 radical (unpaired) electrons. The van der Waals surface area contributed by atoms with Crippen molar-refractivity contribution in [2.45, 2.75) is 13.3 Å². The Morgan fingerprint density at radius 3 is 2.21 bits per heavy atom. The fourth-order valence-electron chi connectivity index (χ4n) is 3.01. The Morgan fingerprint density at radius 1 is 0.862 bits per heavy atom. The number of nitrogens with zero attached hydrogens (tertiary/aromatic N) is 1. The van der Waals surface area contributed by atoms with E-state index in [0.29, 0.717) is 12.5 Å². The molecule has 144 valence electrons. The van der Waals surface area contributed by atoms with Crippen molar-refractivity contribution in [3.63, 3.8) is 0 Å². The molecule has 29 heavy (non-hydrogen) atoms. The van der Waals surface area contributed by atoms with Crippen molar-refractivity contribution < 1.29 is 14.3 Å². The number of carbonyl (C=O) groups excluding carboxylic acids is 1. The maximum absolute atomic E-state index is 12.2. The third-order valence-corrected chi connectivity index (χ3v) is 4.52. The molecule has 0 fully saturated rings. The van der Waals surface area contributed by atoms with Gasteiger partial charge < -0.3 is 9.47 Å². The molecule has 3 aromatic rings. The van der Waals surface area contributed by atoms with Crippen molar-refractivity contribution in [2.75, 3.05) is 6.61 Å². The van der Waals surface area contributed by atoms with E-state index in [1.54, 1.807) is 6.08 Å². The molecule has 0 amide bonds. The Bertz CT molecular complexity index is 1050. The van der Waals surface area contributed by atoms with E-state index in [1.165, 1.54) is 0 Å². The molecular formula is C25H21NO3. The summed E-state index contributed by atoms with van der Waals surface area (Å²) in [4.78, 5) is 16.6. The summed E-state index contributed by atoms with van der Waals surface area (Å²) in [5.74, 6) is 0.688. The molecule has 0 N–H and O–H groups in total. The third-order valence-electron chi connectivity index (χ3n) is 4.52. The Hall–Kier alpha value is -3.66. The fraction of sp³-hybridized carbons (Fsp3) is 0.120. The van der Waals surface area contributed by atoms with Gasteiger partial charge in [-0.25, -0.2) is 9.79 Å². The van der Waals surface area contributed by atoms with Gasteiger partial charge >= 0.3 is 5.97 Å². The SMILES string of the molecule is CCCOc1ccc(/C=C2\N=C(c3ccc(-c4ccccc4)cc3)OC2=O)cc1. The standard InChI is InChI=1S/C25H21NO3/c1-2-16-28-22-14-8-18(9-15-22)17-23-25(27)29-24(26-23)21-12-10-20(11-13-21)19-6-4-3-5-7-19/h3-15,17H,2,16H2,1H3/b23-17-. The molecule has 0 bridgehead atoms. The van der Waals surface area contributed by atoms with Gasteiger partial charge in [-0.2, -0.15) is 0 Å². The molecule has 0 atom stereocenters. The minimum Gasteiger partial charge on any atom is -0.494 e. The lowest BCUT2D eigenvalue weighted by atomic mass is 10.0. The molecule has 0 unspecified atom stereocenters. The predicted octanol–water partition coefficient (Wildman–Crippen LogP) is 5.49. The molecule has 0 saturated carbocycles. The number of cyclic esters (lactones) is 1. The van der Waals surface area contributed by atoms with Crippen LogP contribution in [-0.4, -0.2) is 18.5 Å². The molecule has 4 heteroatoms. The smallest absolute Gasteiger partial charge is 0.363 e. The van der Waals surface area contributed by atoms with E-state index in [2.05, 4.69) is 24.0 Å². The summed E-state index contributed by atoms with van der Waals surface area (Å²) >= 11 is 0. The molecule has 1 aliphatic heterocycles. The van der Waals surface area contributed by atoms with Crippen LogP contribution in [0.5, 0.6) is 5.75 Å². The van der Waals surface area contributed by atoms with E-state index in [9.17, 15) is 4.79 Å². The summed E-state index contributed by atoms with van der Waals surface area (Å²) in [7, 11) is 0. The molecule has 3 aromatic carbocycles. The van der Waals surface area contributed by atoms with Crippen LogP contribution in [-0.2, 0) is 9.53 Å². The number of hydrogen-bond donors (Lipinski definition) is 0. The van der Waals surface area contributed by atoms with Crippen molar-refractivity contribution >= 4 is 17.9 Å². The largest absolute Gasteiger partial charge is 0.494 e. The molecule has 0 aromatic heterocycles. The van der Waals surface area contributed by atoms with Crippen LogP contribution in [0.1, 0.15) is 24.5 Å². The second kappa shape index (κ2) is 8.57. The second-order valence-electron chi connectivity index (χ2n) is 6.70. The molecular weight excluding hydrogens is 362 g/mol. The highest BCUT2D eigenvalue weighted by atomic mass is 16.6. The number of ether oxygens (including phenoxy) is 2. The number of aliphatic imine (C=N–C) groups is 1. The minimum atomic E-state index is -0.446. The zero-order valence-corrected chi connectivity index (χ0v) is 16.2. The fourth-order valence-corrected chi connectivity index (χ4v) is 3.01. The first-order valence-electron chi connectivity index (χ1n) is 9.64. The molecule has 1 heterocycles. The van der Waals surface area contributed by atoms with Gasteiger partial charge in [-0.05, 0) is 53.5 Å². The van der Waals surface area contributed by atoms with Gasteiger partial charge in [-0.15, -0.1) is 0 Å². The van der Waals surface area contributed by atoms with Crippen molar-refractivity contribution in [3.05, 3.63) is 95.7 Å². The van der Waals surface area contributed by atoms with Crippen molar-refractivity contribution in [2.24, 2.45) is 4.99 Å². The lowest BCUT2D eigenvalue weighted by Gasteiger charge is -2.04. The van der Waals surface area contributed by atoms with Crippen LogP contribution in [0.4, 0.5) is 0 Å². The lowest BCUT2D eigenvalue weighted by molar-refractivity contribution is -0.129. The summed E-state index contributed by atoms with van der Waals surface area (Å²) in [5, 5.41) is 0. The monoisotopic (exact) mass is 383 g/mol. The Labute approximate surface area is 170 Å². The van der Waals surface area contributed by atoms with Crippen LogP contribution in [0, 0.1) is 0 Å². The van der Waals surface area contributed by atoms with Gasteiger partial charge in [0.1, 0.15) is 5.75 Å². The molecule has 0 spiro atoms. The summed E-state index contributed by atoms with van der Waals surface area (Å²) in [6, 6.07) is 25.5. The van der Waals surface area contributed by atoms with E-state index in [0.717, 1.165) is 34.4 Å². The van der Waals surface area contributed by atoms with Gasteiger partial charge in [0.2, 0.25) is 5.90 Å². The van der Waals surface area contributed by atoms with Gasteiger partial charge in [0, 0.05) is 5.56 Å². The van der Waals surface area contributed by atoms with E-state index in [1.807, 2.05) is 66.7 Å². The Kier molecular flexibility index (Phi) is 5.52. The number of rotatable bonds is 6. The highest BCUT2D eigenvalue weighted by molar-refractivity contribution is 6.12. The molecule has 0 saturated heterocycles. The van der Waals surface area contributed by atoms with Gasteiger partial charge in [0.15, 0.2) is 5.70 Å². The van der Waals surface area contributed by atoms with Crippen LogP contribution in [0.15, 0.2) is 89.6 Å². The van der Waals surface area contributed by atoms with E-state index in [4.69, 9.17) is 9.47 Å². The average molecular weight is 383 g/mol. The Balaban J connectivity index is 1.52. The maximum atomic E-state index is 12.2. The molecule has 0 aliphatic carbocycles. The summed E-state index contributed by atoms with van der Waals surface area (Å²) in [6.07, 6.45) is 2.68. The van der Waals surface area contributed by atoms with E-state index < -0.39 is 5.97 Å². The highest BCUT2D eigenvalue weighted by Gasteiger charge is 2.24. The zero-order valence-electron chi connectivity index (χ0n) is 16.2. The van der Waals surface area contributed by atoms with Gasteiger partial charge in [-0.3, -0.25) is 0 Å². The number of carbonyl (C=O) groups is 1. The van der Waals surface area contributed by atoms with Gasteiger partial charge in [0.05, 0.1) is 6.61 Å². The zero-order chi connectivity index (χ0) is 20.1. The normalized spacial score (nSPS) is 14.6. The van der Waals surface area contributed by atoms with Crippen LogP contribution in [0.25, 0.3) is 17.2 Å². The highest BCUT2D eigenvalue weighted by Crippen LogP contribution is 2.23. The maximum Gasteiger partial charge on any atom is 0.363 e. The molecule has 4 rings (SSSR count). The van der Waals surface area contributed by atoms with Gasteiger partial charge in [-0.1, -0.05) is 61.5 Å². The van der Waals surface area contributed by atoms with Crippen molar-refractivity contribution in [1.29, 1.82) is 0 Å². The topological polar surface area (TPSA) is 47.9 Å². The van der Waals surface area contributed by atoms with Crippen LogP contribution < -0.4 is 4.74 Å². The number of benzene rings is 3. The predicted molar refractivity (Wildman–Crippen MR) is 115 cm³/mol. The van der Waals surface area contributed by atoms with Crippen molar-refractivity contribution in [1.82, 2.24) is 0 Å². The number of esters is 1. The first-order valence-corrected chi connectivity index (χ1v) is 9.64. The minimum absolute atomic E-state index is 0.286. The van der Waals surface area contributed by atoms with E-state index in [-0.39, 0.29) is 5.70 Å². The summed E-state index contributed by atoms with van der Waals surface area (Å²) in [5.41, 5.74) is 4.15. The van der Waals surface area contributed by atoms with Crippen molar-refractivity contribution in [3.8, 4) is 16.9 Å². The van der Waals surface area contributed by atoms with E-state index >= 15 is 0 Å². The van der Waals surface area contributed by atoms with Crippen LogP contribution >= 0.6 is 0 Å².